The van der Waals surface area contributed by atoms with Crippen molar-refractivity contribution in [3.63, 3.8) is 0 Å². The number of methoxy groups -OCH3 is 1. The van der Waals surface area contributed by atoms with E-state index in [1.54, 1.807) is 19.2 Å². The van der Waals surface area contributed by atoms with Gasteiger partial charge in [0.25, 0.3) is 0 Å². The number of ether oxygens (including phenoxy) is 2. The number of rotatable bonds is 12. The highest BCUT2D eigenvalue weighted by atomic mass is 19.1. The number of halogens is 1. The lowest BCUT2D eigenvalue weighted by molar-refractivity contribution is -0.143. The predicted molar refractivity (Wildman–Crippen MR) is 160 cm³/mol. The molecule has 0 N–H and O–H groups in total. The lowest BCUT2D eigenvalue weighted by atomic mass is 9.80. The molecule has 0 saturated heterocycles. The Morgan fingerprint density at radius 2 is 2.05 bits per heavy atom. The number of aromatic nitrogens is 1. The first-order valence-corrected chi connectivity index (χ1v) is 14.8. The molecule has 0 spiro atoms. The molecule has 1 aromatic heterocycles. The Hall–Kier alpha value is -3.67. The molecule has 2 aliphatic carbocycles. The van der Waals surface area contributed by atoms with Crippen molar-refractivity contribution in [3.8, 4) is 17.0 Å². The summed E-state index contributed by atoms with van der Waals surface area (Å²) in [7, 11) is 1.57. The molecule has 0 aliphatic heterocycles. The molecule has 216 valence electrons. The summed E-state index contributed by atoms with van der Waals surface area (Å²) >= 11 is 0. The first-order valence-electron chi connectivity index (χ1n) is 14.8. The maximum absolute atomic E-state index is 15.0. The molecule has 41 heavy (non-hydrogen) atoms. The molecule has 5 rings (SSSR count). The zero-order valence-corrected chi connectivity index (χ0v) is 24.5. The number of esters is 1. The van der Waals surface area contributed by atoms with Gasteiger partial charge < -0.3 is 14.0 Å². The van der Waals surface area contributed by atoms with Crippen LogP contribution in [-0.4, -0.2) is 24.8 Å². The van der Waals surface area contributed by atoms with Gasteiger partial charge in [0.2, 0.25) is 0 Å². The lowest BCUT2D eigenvalue weighted by Gasteiger charge is -2.22. The lowest BCUT2D eigenvalue weighted by Crippen LogP contribution is -2.12. The minimum atomic E-state index is -0.361. The number of benzene rings is 2. The molecular weight excluding hydrogens is 517 g/mol. The molecule has 0 amide bonds. The van der Waals surface area contributed by atoms with Gasteiger partial charge in [0.05, 0.1) is 25.7 Å². The van der Waals surface area contributed by atoms with Gasteiger partial charge in [0.15, 0.2) is 5.76 Å². The van der Waals surface area contributed by atoms with Crippen LogP contribution in [0.15, 0.2) is 59.1 Å². The van der Waals surface area contributed by atoms with E-state index >= 15 is 4.39 Å². The number of aryl methyl sites for hydroxylation is 1. The van der Waals surface area contributed by atoms with Crippen LogP contribution in [0.2, 0.25) is 0 Å². The summed E-state index contributed by atoms with van der Waals surface area (Å²) in [5.41, 5.74) is 5.25. The fraction of sp³-hybridized carbons (Fsp3) is 0.429. The summed E-state index contributed by atoms with van der Waals surface area (Å²) in [4.78, 5) is 12.2. The molecule has 2 aliphatic rings. The number of hydrogen-bond donors (Lipinski definition) is 0. The average Bonchev–Trinajstić information content (AvgIpc) is 3.63. The average molecular weight is 558 g/mol. The topological polar surface area (TPSA) is 61.6 Å². The number of allylic oxidation sites excluding steroid dienone is 3. The van der Waals surface area contributed by atoms with E-state index in [-0.39, 0.29) is 23.1 Å². The van der Waals surface area contributed by atoms with Crippen LogP contribution >= 0.6 is 0 Å². The highest BCUT2D eigenvalue weighted by Gasteiger charge is 2.35. The van der Waals surface area contributed by atoms with Crippen molar-refractivity contribution in [2.24, 2.45) is 11.3 Å². The van der Waals surface area contributed by atoms with Gasteiger partial charge in [-0.2, -0.15) is 0 Å². The molecular formula is C35H40FNO4. The quantitative estimate of drug-likeness (QED) is 0.208. The van der Waals surface area contributed by atoms with Gasteiger partial charge in [0.1, 0.15) is 17.3 Å². The van der Waals surface area contributed by atoms with Crippen molar-refractivity contribution >= 4 is 17.6 Å². The second kappa shape index (κ2) is 12.5. The van der Waals surface area contributed by atoms with Crippen molar-refractivity contribution in [2.75, 3.05) is 13.7 Å². The molecule has 1 atom stereocenters. The number of carbonyl (C=O) groups is 1. The normalized spacial score (nSPS) is 17.0. The van der Waals surface area contributed by atoms with E-state index in [4.69, 9.17) is 14.0 Å². The fourth-order valence-electron chi connectivity index (χ4n) is 5.98. The van der Waals surface area contributed by atoms with Crippen molar-refractivity contribution in [1.29, 1.82) is 0 Å². The molecule has 5 nitrogen and oxygen atoms in total. The fourth-order valence-corrected chi connectivity index (χ4v) is 5.98. The van der Waals surface area contributed by atoms with Crippen molar-refractivity contribution in [3.05, 3.63) is 82.9 Å². The number of carbonyl (C=O) groups excluding carboxylic acids is 1. The highest BCUT2D eigenvalue weighted by Crippen LogP contribution is 2.49. The van der Waals surface area contributed by atoms with Crippen LogP contribution in [0.1, 0.15) is 87.7 Å². The first-order chi connectivity index (χ1) is 19.8. The Morgan fingerprint density at radius 3 is 2.76 bits per heavy atom. The van der Waals surface area contributed by atoms with E-state index in [2.05, 4.69) is 55.4 Å². The van der Waals surface area contributed by atoms with Gasteiger partial charge in [-0.05, 0) is 104 Å². The molecule has 1 heterocycles. The van der Waals surface area contributed by atoms with E-state index < -0.39 is 0 Å². The Labute approximate surface area is 242 Å². The van der Waals surface area contributed by atoms with Crippen LogP contribution in [0.4, 0.5) is 4.39 Å². The Morgan fingerprint density at radius 1 is 1.22 bits per heavy atom. The molecule has 0 bridgehead atoms. The van der Waals surface area contributed by atoms with Crippen LogP contribution in [-0.2, 0) is 16.0 Å². The SMILES string of the molecule is CCOC(=O)C[C@H](c1cccc(CC/C=C\c2onc(-c3cc(OC)ccc3F)c2C2=CCCC2(C)C)c1)C1CC1. The predicted octanol–water partition coefficient (Wildman–Crippen LogP) is 8.79. The van der Waals surface area contributed by atoms with Gasteiger partial charge in [-0.25, -0.2) is 4.39 Å². The van der Waals surface area contributed by atoms with Crippen LogP contribution < -0.4 is 4.74 Å². The van der Waals surface area contributed by atoms with Crippen LogP contribution in [0.3, 0.4) is 0 Å². The maximum atomic E-state index is 15.0. The third-order valence-corrected chi connectivity index (χ3v) is 8.39. The summed E-state index contributed by atoms with van der Waals surface area (Å²) in [5.74, 6) is 1.52. The summed E-state index contributed by atoms with van der Waals surface area (Å²) in [5, 5.41) is 4.36. The molecule has 2 aromatic carbocycles. The first kappa shape index (κ1) is 28.8. The zero-order chi connectivity index (χ0) is 29.0. The molecule has 0 radical (unpaired) electrons. The standard InChI is InChI=1S/C35H40FNO4/c1-5-40-32(38)22-27(24-15-16-24)25-12-8-11-23(20-25)10-6-7-14-31-33(29-13-9-19-35(29,2)3)34(37-41-31)28-21-26(39-4)17-18-30(28)36/h7-8,11-14,17-18,20-21,24,27H,5-6,9-10,15-16,19,22H2,1-4H3/b14-7-/t27-/m0/s1. The van der Waals surface area contributed by atoms with Gasteiger partial charge in [-0.3, -0.25) is 4.79 Å². The van der Waals surface area contributed by atoms with E-state index in [1.807, 2.05) is 13.0 Å². The van der Waals surface area contributed by atoms with Crippen molar-refractivity contribution in [2.45, 2.75) is 71.6 Å². The second-order valence-corrected chi connectivity index (χ2v) is 11.8. The molecule has 1 saturated carbocycles. The van der Waals surface area contributed by atoms with Crippen LogP contribution in [0, 0.1) is 17.2 Å². The van der Waals surface area contributed by atoms with E-state index in [0.29, 0.717) is 41.7 Å². The molecule has 1 fully saturated rings. The Bertz CT molecular complexity index is 1450. The minimum absolute atomic E-state index is 0.0691. The monoisotopic (exact) mass is 557 g/mol. The Kier molecular flexibility index (Phi) is 8.77. The molecule has 3 aromatic rings. The summed E-state index contributed by atoms with van der Waals surface area (Å²) in [6, 6.07) is 13.3. The third-order valence-electron chi connectivity index (χ3n) is 8.39. The van der Waals surface area contributed by atoms with E-state index in [1.165, 1.54) is 30.0 Å². The van der Waals surface area contributed by atoms with Crippen LogP contribution in [0.5, 0.6) is 5.75 Å². The van der Waals surface area contributed by atoms with Gasteiger partial charge in [-0.15, -0.1) is 0 Å². The third kappa shape index (κ3) is 6.64. The summed E-state index contributed by atoms with van der Waals surface area (Å²) in [6.45, 7) is 6.69. The van der Waals surface area contributed by atoms with Gasteiger partial charge >= 0.3 is 5.97 Å². The number of nitrogens with zero attached hydrogens (tertiary/aromatic N) is 1. The van der Waals surface area contributed by atoms with E-state index in [9.17, 15) is 4.79 Å². The number of hydrogen-bond acceptors (Lipinski definition) is 5. The van der Waals surface area contributed by atoms with Crippen LogP contribution in [0.25, 0.3) is 22.9 Å². The highest BCUT2D eigenvalue weighted by molar-refractivity contribution is 5.86. The smallest absolute Gasteiger partial charge is 0.306 e. The second-order valence-electron chi connectivity index (χ2n) is 11.8. The van der Waals surface area contributed by atoms with Crippen molar-refractivity contribution in [1.82, 2.24) is 5.16 Å². The van der Waals surface area contributed by atoms with E-state index in [0.717, 1.165) is 36.8 Å². The minimum Gasteiger partial charge on any atom is -0.497 e. The summed E-state index contributed by atoms with van der Waals surface area (Å²) < 4.78 is 31.5. The zero-order valence-electron chi connectivity index (χ0n) is 24.5. The maximum Gasteiger partial charge on any atom is 0.306 e. The largest absolute Gasteiger partial charge is 0.497 e. The Balaban J connectivity index is 1.35. The van der Waals surface area contributed by atoms with Crippen molar-refractivity contribution < 1.29 is 23.2 Å². The molecule has 0 unspecified atom stereocenters. The summed E-state index contributed by atoms with van der Waals surface area (Å²) in [6.07, 6.45) is 12.7. The van der Waals surface area contributed by atoms with Gasteiger partial charge in [-0.1, -0.05) is 55.4 Å². The van der Waals surface area contributed by atoms with Gasteiger partial charge in [0, 0.05) is 5.56 Å². The molecule has 6 heteroatoms.